The van der Waals surface area contributed by atoms with Crippen LogP contribution in [-0.4, -0.2) is 0 Å². The number of rotatable bonds is 7. The maximum atomic E-state index is 16.3. The van der Waals surface area contributed by atoms with Crippen LogP contribution in [0.1, 0.15) is 105 Å². The number of nitrogens with zero attached hydrogens (tertiary/aromatic N) is 2. The minimum Gasteiger partial charge on any atom is -0.207 e. The molecule has 3 heterocycles. The van der Waals surface area contributed by atoms with E-state index in [4.69, 9.17) is 0 Å². The Morgan fingerprint density at radius 2 is 1.49 bits per heavy atom. The molecule has 0 N–H and O–H groups in total. The second-order valence-corrected chi connectivity index (χ2v) is 14.3. The van der Waals surface area contributed by atoms with Crippen LogP contribution in [0.4, 0.5) is 4.39 Å². The quantitative estimate of drug-likeness (QED) is 0.165. The fourth-order valence-electron chi connectivity index (χ4n) is 8.87. The Labute approximate surface area is 268 Å². The SMILES string of the molecule is CCCCc1ccc2c3c4[n+](ccc13)C([n+]1ccc(C)cc1-c1cc(C)ccc1C)C(CC)(CC)c1ccc(F)c(c1-4)C2(C)C. The smallest absolute Gasteiger partial charge is 0.207 e. The van der Waals surface area contributed by atoms with Gasteiger partial charge in [0.25, 0.3) is 0 Å². The Hall–Kier alpha value is -3.85. The predicted molar refractivity (Wildman–Crippen MR) is 183 cm³/mol. The molecule has 0 bridgehead atoms. The van der Waals surface area contributed by atoms with Gasteiger partial charge in [-0.3, -0.25) is 0 Å². The Balaban J connectivity index is 1.66. The van der Waals surface area contributed by atoms with E-state index in [1.807, 2.05) is 0 Å². The van der Waals surface area contributed by atoms with Crippen molar-refractivity contribution in [1.29, 1.82) is 0 Å². The third-order valence-electron chi connectivity index (χ3n) is 11.4. The zero-order chi connectivity index (χ0) is 31.8. The van der Waals surface area contributed by atoms with E-state index in [0.29, 0.717) is 0 Å². The van der Waals surface area contributed by atoms with E-state index in [9.17, 15) is 0 Å². The molecule has 2 aromatic heterocycles. The summed E-state index contributed by atoms with van der Waals surface area (Å²) in [4.78, 5) is 0. The minimum absolute atomic E-state index is 0.0263. The molecule has 2 aliphatic rings. The van der Waals surface area contributed by atoms with Crippen LogP contribution in [0.25, 0.3) is 33.3 Å². The molecule has 7 rings (SSSR count). The summed E-state index contributed by atoms with van der Waals surface area (Å²) in [7, 11) is 0. The molecule has 0 amide bonds. The molecule has 230 valence electrons. The van der Waals surface area contributed by atoms with Gasteiger partial charge >= 0.3 is 6.17 Å². The first-order valence-electron chi connectivity index (χ1n) is 17.0. The second-order valence-electron chi connectivity index (χ2n) is 14.3. The van der Waals surface area contributed by atoms with Crippen LogP contribution < -0.4 is 9.13 Å². The first-order chi connectivity index (χ1) is 21.6. The number of aryl methyl sites for hydroxylation is 4. The summed E-state index contributed by atoms with van der Waals surface area (Å²) >= 11 is 0. The number of halogens is 1. The highest BCUT2D eigenvalue weighted by Gasteiger charge is 2.60. The van der Waals surface area contributed by atoms with E-state index in [2.05, 4.69) is 132 Å². The van der Waals surface area contributed by atoms with E-state index in [0.717, 1.165) is 43.2 Å². The predicted octanol–water partition coefficient (Wildman–Crippen LogP) is 9.91. The van der Waals surface area contributed by atoms with Gasteiger partial charge < -0.3 is 0 Å². The number of hydrogen-bond acceptors (Lipinski definition) is 0. The zero-order valence-corrected chi connectivity index (χ0v) is 28.3. The Kier molecular flexibility index (Phi) is 7.04. The number of aromatic nitrogens is 2. The molecule has 1 unspecified atom stereocenters. The van der Waals surface area contributed by atoms with Crippen LogP contribution in [0, 0.1) is 26.6 Å². The van der Waals surface area contributed by atoms with Crippen molar-refractivity contribution in [3.63, 3.8) is 0 Å². The van der Waals surface area contributed by atoms with E-state index >= 15 is 4.39 Å². The van der Waals surface area contributed by atoms with Crippen molar-refractivity contribution in [2.45, 2.75) is 104 Å². The van der Waals surface area contributed by atoms with Crippen LogP contribution in [-0.2, 0) is 17.3 Å². The summed E-state index contributed by atoms with van der Waals surface area (Å²) in [6.07, 6.45) is 9.87. The molecule has 1 atom stereocenters. The normalized spacial score (nSPS) is 17.1. The van der Waals surface area contributed by atoms with Crippen LogP contribution in [0.3, 0.4) is 0 Å². The van der Waals surface area contributed by atoms with Crippen LogP contribution in [0.5, 0.6) is 0 Å². The van der Waals surface area contributed by atoms with Crippen molar-refractivity contribution < 1.29 is 13.5 Å². The molecule has 3 heteroatoms. The minimum atomic E-state index is -0.454. The average molecular weight is 599 g/mol. The molecule has 5 aromatic rings. The highest BCUT2D eigenvalue weighted by Crippen LogP contribution is 2.56. The van der Waals surface area contributed by atoms with Gasteiger partial charge in [-0.2, -0.15) is 0 Å². The number of unbranched alkanes of at least 4 members (excludes halogenated alkanes) is 1. The van der Waals surface area contributed by atoms with Crippen LogP contribution in [0.2, 0.25) is 0 Å². The lowest BCUT2D eigenvalue weighted by molar-refractivity contribution is -0.946. The average Bonchev–Trinajstić information content (AvgIpc) is 3.03. The number of pyridine rings is 2. The first kappa shape index (κ1) is 29.8. The zero-order valence-electron chi connectivity index (χ0n) is 28.3. The maximum absolute atomic E-state index is 16.3. The molecule has 1 aliphatic heterocycles. The molecule has 0 fully saturated rings. The van der Waals surface area contributed by atoms with Gasteiger partial charge in [0.15, 0.2) is 12.4 Å². The standard InChI is InChI=1S/C42H47FN2/c1-9-12-13-29-16-17-32-36-30(29)21-23-45-39(36)37-33(18-19-34(43)38(37)41(32,7)8)42(10-2,11-3)40(45)44-22-20-27(5)25-35(44)31-24-26(4)14-15-28(31)6/h14-25,40H,9-13H2,1-8H3/q+2. The lowest BCUT2D eigenvalue weighted by atomic mass is 9.61. The lowest BCUT2D eigenvalue weighted by Crippen LogP contribution is -2.69. The summed E-state index contributed by atoms with van der Waals surface area (Å²) in [5.41, 5.74) is 12.7. The van der Waals surface area contributed by atoms with E-state index in [-0.39, 0.29) is 17.4 Å². The number of hydrogen-bond donors (Lipinski definition) is 0. The van der Waals surface area contributed by atoms with E-state index < -0.39 is 5.41 Å². The first-order valence-corrected chi connectivity index (χ1v) is 17.0. The summed E-state index contributed by atoms with van der Waals surface area (Å²) in [6, 6.07) is 22.3. The van der Waals surface area contributed by atoms with Gasteiger partial charge in [-0.25, -0.2) is 4.39 Å². The molecule has 0 saturated heterocycles. The van der Waals surface area contributed by atoms with E-state index in [1.54, 1.807) is 6.07 Å². The van der Waals surface area contributed by atoms with Crippen molar-refractivity contribution in [2.24, 2.45) is 0 Å². The Morgan fingerprint density at radius 3 is 2.22 bits per heavy atom. The highest BCUT2D eigenvalue weighted by atomic mass is 19.1. The molecule has 1 aliphatic carbocycles. The number of benzene rings is 3. The summed E-state index contributed by atoms with van der Waals surface area (Å²) in [5, 5.41) is 2.63. The fourth-order valence-corrected chi connectivity index (χ4v) is 8.87. The molecule has 0 spiro atoms. The highest BCUT2D eigenvalue weighted by molar-refractivity contribution is 6.02. The van der Waals surface area contributed by atoms with Gasteiger partial charge in [-0.1, -0.05) is 76.9 Å². The topological polar surface area (TPSA) is 7.76 Å². The third kappa shape index (κ3) is 4.12. The molecule has 0 saturated carbocycles. The molecule has 0 radical (unpaired) electrons. The molecule has 45 heavy (non-hydrogen) atoms. The largest absolute Gasteiger partial charge is 0.363 e. The second kappa shape index (κ2) is 10.6. The van der Waals surface area contributed by atoms with Crippen molar-refractivity contribution in [1.82, 2.24) is 0 Å². The lowest BCUT2D eigenvalue weighted by Gasteiger charge is -2.43. The molecular formula is C42H47FN2+2. The molecule has 2 nitrogen and oxygen atoms in total. The van der Waals surface area contributed by atoms with Gasteiger partial charge in [0.2, 0.25) is 11.4 Å². The van der Waals surface area contributed by atoms with Crippen molar-refractivity contribution in [3.8, 4) is 22.5 Å². The van der Waals surface area contributed by atoms with Gasteiger partial charge in [0.1, 0.15) is 11.2 Å². The van der Waals surface area contributed by atoms with Gasteiger partial charge in [-0.15, -0.1) is 9.13 Å². The Bertz CT molecular complexity index is 2000. The fraction of sp³-hybridized carbons (Fsp3) is 0.381. The molecule has 3 aromatic carbocycles. The summed E-state index contributed by atoms with van der Waals surface area (Å²) in [5.74, 6) is -0.0957. The van der Waals surface area contributed by atoms with Crippen molar-refractivity contribution in [2.75, 3.05) is 0 Å². The maximum Gasteiger partial charge on any atom is 0.363 e. The molecular weight excluding hydrogens is 551 g/mol. The Morgan fingerprint density at radius 1 is 0.778 bits per heavy atom. The van der Waals surface area contributed by atoms with Gasteiger partial charge in [-0.05, 0) is 91.8 Å². The van der Waals surface area contributed by atoms with Gasteiger partial charge in [0, 0.05) is 34.7 Å². The van der Waals surface area contributed by atoms with Crippen molar-refractivity contribution >= 4 is 10.8 Å². The van der Waals surface area contributed by atoms with Gasteiger partial charge in [0.05, 0.1) is 10.9 Å². The summed E-state index contributed by atoms with van der Waals surface area (Å²) in [6.45, 7) is 18.0. The van der Waals surface area contributed by atoms with Crippen LogP contribution in [0.15, 0.2) is 73.1 Å². The monoisotopic (exact) mass is 598 g/mol. The third-order valence-corrected chi connectivity index (χ3v) is 11.4. The van der Waals surface area contributed by atoms with Crippen molar-refractivity contribution in [3.05, 3.63) is 118 Å². The summed E-state index contributed by atoms with van der Waals surface area (Å²) < 4.78 is 21.4. The van der Waals surface area contributed by atoms with Crippen LogP contribution >= 0.6 is 0 Å². The van der Waals surface area contributed by atoms with E-state index in [1.165, 1.54) is 61.1 Å².